The molecule has 2 aromatic carbocycles. The Morgan fingerprint density at radius 2 is 1.84 bits per heavy atom. The number of ether oxygens (including phenoxy) is 1. The molecule has 0 aliphatic rings. The number of nitrogens with one attached hydrogen (secondary N) is 2. The van der Waals surface area contributed by atoms with Crippen LogP contribution in [0.2, 0.25) is 0 Å². The van der Waals surface area contributed by atoms with Crippen molar-refractivity contribution < 1.29 is 23.0 Å². The van der Waals surface area contributed by atoms with Crippen LogP contribution in [-0.4, -0.2) is 34.6 Å². The summed E-state index contributed by atoms with van der Waals surface area (Å²) in [6.45, 7) is 4.50. The van der Waals surface area contributed by atoms with Gasteiger partial charge in [-0.25, -0.2) is 4.98 Å². The highest BCUT2D eigenvalue weighted by atomic mass is 19.4. The summed E-state index contributed by atoms with van der Waals surface area (Å²) in [5, 5.41) is 15.4. The van der Waals surface area contributed by atoms with E-state index in [2.05, 4.69) is 32.3 Å². The van der Waals surface area contributed by atoms with E-state index in [4.69, 9.17) is 5.11 Å². The monoisotopic (exact) mass is 446 g/mol. The van der Waals surface area contributed by atoms with Gasteiger partial charge in [0.15, 0.2) is 0 Å². The second-order valence-corrected chi connectivity index (χ2v) is 7.13. The molecule has 3 N–H and O–H groups in total. The Morgan fingerprint density at radius 1 is 1.06 bits per heavy atom. The zero-order chi connectivity index (χ0) is 23.1. The van der Waals surface area contributed by atoms with Crippen LogP contribution in [0.3, 0.4) is 0 Å². The summed E-state index contributed by atoms with van der Waals surface area (Å²) in [4.78, 5) is 8.94. The lowest BCUT2D eigenvalue weighted by Gasteiger charge is -2.16. The van der Waals surface area contributed by atoms with E-state index in [1.807, 2.05) is 25.1 Å². The van der Waals surface area contributed by atoms with Gasteiger partial charge >= 0.3 is 6.36 Å². The summed E-state index contributed by atoms with van der Waals surface area (Å²) < 4.78 is 42.0. The molecular weight excluding hydrogens is 421 g/mol. The lowest BCUT2D eigenvalue weighted by atomic mass is 10.1. The number of alkyl halides is 3. The molecule has 0 amide bonds. The maximum absolute atomic E-state index is 12.6. The predicted octanol–water partition coefficient (Wildman–Crippen LogP) is 5.45. The van der Waals surface area contributed by atoms with Crippen LogP contribution >= 0.6 is 0 Å². The molecule has 0 bridgehead atoms. The summed E-state index contributed by atoms with van der Waals surface area (Å²) in [5.41, 5.74) is 3.95. The van der Waals surface area contributed by atoms with Crippen molar-refractivity contribution in [2.45, 2.75) is 33.1 Å². The highest BCUT2D eigenvalue weighted by Crippen LogP contribution is 2.30. The smallest absolute Gasteiger partial charge is 0.406 e. The standard InChI is InChI=1S/C23H25F3N4O2/c1-3-16-8-4-7-15(2)21(16)29-20-14-19(28-22(30-20)27-11-6-12-31)17-9-5-10-18(13-17)32-23(24,25)26/h4-5,7-10,13-14,31H,3,6,11-12H2,1-2H3,(H2,27,28,29,30). The summed E-state index contributed by atoms with van der Waals surface area (Å²) in [6.07, 6.45) is -3.46. The first kappa shape index (κ1) is 23.3. The van der Waals surface area contributed by atoms with Crippen LogP contribution in [-0.2, 0) is 6.42 Å². The van der Waals surface area contributed by atoms with Gasteiger partial charge in [-0.1, -0.05) is 37.3 Å². The first-order valence-corrected chi connectivity index (χ1v) is 10.2. The van der Waals surface area contributed by atoms with E-state index >= 15 is 0 Å². The number of aliphatic hydroxyl groups is 1. The van der Waals surface area contributed by atoms with Crippen molar-refractivity contribution in [3.8, 4) is 17.0 Å². The van der Waals surface area contributed by atoms with Gasteiger partial charge in [-0.2, -0.15) is 4.98 Å². The van der Waals surface area contributed by atoms with Crippen molar-refractivity contribution >= 4 is 17.5 Å². The first-order chi connectivity index (χ1) is 15.3. The van der Waals surface area contributed by atoms with E-state index < -0.39 is 6.36 Å². The Labute approximate surface area is 184 Å². The molecule has 0 aliphatic heterocycles. The Morgan fingerprint density at radius 3 is 2.56 bits per heavy atom. The van der Waals surface area contributed by atoms with Crippen molar-refractivity contribution in [1.29, 1.82) is 0 Å². The van der Waals surface area contributed by atoms with Crippen LogP contribution in [0.25, 0.3) is 11.3 Å². The molecule has 0 saturated heterocycles. The van der Waals surface area contributed by atoms with E-state index in [9.17, 15) is 13.2 Å². The lowest BCUT2D eigenvalue weighted by molar-refractivity contribution is -0.274. The van der Waals surface area contributed by atoms with Crippen LogP contribution in [0.15, 0.2) is 48.5 Å². The van der Waals surface area contributed by atoms with Crippen molar-refractivity contribution in [2.24, 2.45) is 0 Å². The van der Waals surface area contributed by atoms with Gasteiger partial charge in [0.1, 0.15) is 11.6 Å². The van der Waals surface area contributed by atoms with E-state index in [0.717, 1.165) is 23.2 Å². The Hall–Kier alpha value is -3.33. The minimum atomic E-state index is -4.78. The third kappa shape index (κ3) is 6.34. The lowest BCUT2D eigenvalue weighted by Crippen LogP contribution is -2.17. The van der Waals surface area contributed by atoms with Crippen LogP contribution < -0.4 is 15.4 Å². The fourth-order valence-electron chi connectivity index (χ4n) is 3.20. The molecule has 1 heterocycles. The molecule has 0 saturated carbocycles. The number of anilines is 3. The average molecular weight is 446 g/mol. The first-order valence-electron chi connectivity index (χ1n) is 10.2. The number of para-hydroxylation sites is 1. The molecule has 0 radical (unpaired) electrons. The van der Waals surface area contributed by atoms with Crippen molar-refractivity contribution in [3.63, 3.8) is 0 Å². The second-order valence-electron chi connectivity index (χ2n) is 7.13. The molecule has 0 aliphatic carbocycles. The van der Waals surface area contributed by atoms with Gasteiger partial charge in [-0.15, -0.1) is 13.2 Å². The van der Waals surface area contributed by atoms with Crippen molar-refractivity contribution in [2.75, 3.05) is 23.8 Å². The van der Waals surface area contributed by atoms with Gasteiger partial charge in [-0.3, -0.25) is 0 Å². The van der Waals surface area contributed by atoms with Gasteiger partial charge in [-0.05, 0) is 43.0 Å². The van der Waals surface area contributed by atoms with E-state index in [0.29, 0.717) is 36.0 Å². The molecule has 0 unspecified atom stereocenters. The molecule has 0 fully saturated rings. The number of benzene rings is 2. The number of halogens is 3. The maximum Gasteiger partial charge on any atom is 0.573 e. The SMILES string of the molecule is CCc1cccc(C)c1Nc1cc(-c2cccc(OC(F)(F)F)c2)nc(NCCCO)n1. The summed E-state index contributed by atoms with van der Waals surface area (Å²) in [7, 11) is 0. The van der Waals surface area contributed by atoms with Crippen LogP contribution in [0.5, 0.6) is 5.75 Å². The number of rotatable bonds is 9. The highest BCUT2D eigenvalue weighted by molar-refractivity contribution is 5.71. The third-order valence-electron chi connectivity index (χ3n) is 4.70. The van der Waals surface area contributed by atoms with Crippen LogP contribution in [0.4, 0.5) is 30.6 Å². The Kier molecular flexibility index (Phi) is 7.53. The van der Waals surface area contributed by atoms with Gasteiger partial charge in [0, 0.05) is 30.5 Å². The minimum absolute atomic E-state index is 0.0116. The maximum atomic E-state index is 12.6. The number of aliphatic hydroxyl groups excluding tert-OH is 1. The van der Waals surface area contributed by atoms with Gasteiger partial charge in [0.2, 0.25) is 5.95 Å². The average Bonchev–Trinajstić information content (AvgIpc) is 2.74. The number of nitrogens with zero attached hydrogens (tertiary/aromatic N) is 2. The normalized spacial score (nSPS) is 11.3. The molecule has 6 nitrogen and oxygen atoms in total. The number of aromatic nitrogens is 2. The molecule has 3 aromatic rings. The zero-order valence-corrected chi connectivity index (χ0v) is 17.8. The highest BCUT2D eigenvalue weighted by Gasteiger charge is 2.31. The van der Waals surface area contributed by atoms with Crippen LogP contribution in [0.1, 0.15) is 24.5 Å². The van der Waals surface area contributed by atoms with E-state index in [1.54, 1.807) is 12.1 Å². The number of aryl methyl sites for hydroxylation is 2. The molecule has 170 valence electrons. The molecule has 32 heavy (non-hydrogen) atoms. The quantitative estimate of drug-likeness (QED) is 0.379. The van der Waals surface area contributed by atoms with Gasteiger partial charge in [0.25, 0.3) is 0 Å². The third-order valence-corrected chi connectivity index (χ3v) is 4.70. The molecule has 9 heteroatoms. The Balaban J connectivity index is 2.00. The fourth-order valence-corrected chi connectivity index (χ4v) is 3.20. The summed E-state index contributed by atoms with van der Waals surface area (Å²) in [6, 6.07) is 13.3. The molecule has 1 aromatic heterocycles. The van der Waals surface area contributed by atoms with Gasteiger partial charge < -0.3 is 20.5 Å². The zero-order valence-electron chi connectivity index (χ0n) is 17.8. The largest absolute Gasteiger partial charge is 0.573 e. The van der Waals surface area contributed by atoms with E-state index in [1.165, 1.54) is 18.2 Å². The van der Waals surface area contributed by atoms with Crippen LogP contribution in [0, 0.1) is 6.92 Å². The minimum Gasteiger partial charge on any atom is -0.406 e. The molecule has 3 rings (SSSR count). The summed E-state index contributed by atoms with van der Waals surface area (Å²) >= 11 is 0. The molecular formula is C23H25F3N4O2. The summed E-state index contributed by atoms with van der Waals surface area (Å²) in [5.74, 6) is 0.463. The van der Waals surface area contributed by atoms with Gasteiger partial charge in [0.05, 0.1) is 5.69 Å². The number of hydrogen-bond donors (Lipinski definition) is 3. The van der Waals surface area contributed by atoms with Crippen molar-refractivity contribution in [3.05, 3.63) is 59.7 Å². The second kappa shape index (κ2) is 10.3. The number of hydrogen-bond acceptors (Lipinski definition) is 6. The molecule has 0 atom stereocenters. The van der Waals surface area contributed by atoms with E-state index in [-0.39, 0.29) is 12.4 Å². The molecule has 0 spiro atoms. The van der Waals surface area contributed by atoms with Crippen molar-refractivity contribution in [1.82, 2.24) is 9.97 Å². The predicted molar refractivity (Wildman–Crippen MR) is 118 cm³/mol. The fraction of sp³-hybridized carbons (Fsp3) is 0.304. The topological polar surface area (TPSA) is 79.3 Å². The Bertz CT molecular complexity index is 1060.